The van der Waals surface area contributed by atoms with Crippen molar-refractivity contribution >= 4 is 11.7 Å². The fourth-order valence-electron chi connectivity index (χ4n) is 2.06. The van der Waals surface area contributed by atoms with Crippen LogP contribution in [0, 0.1) is 23.7 Å². The molecule has 22 heavy (non-hydrogen) atoms. The molecule has 0 heterocycles. The lowest BCUT2D eigenvalue weighted by molar-refractivity contribution is -0.125. The molecule has 0 aliphatic heterocycles. The van der Waals surface area contributed by atoms with Gasteiger partial charge in [0.25, 0.3) is 0 Å². The van der Waals surface area contributed by atoms with Gasteiger partial charge in [0.1, 0.15) is 5.78 Å². The minimum absolute atomic E-state index is 0.0360. The van der Waals surface area contributed by atoms with Crippen LogP contribution in [0.25, 0.3) is 0 Å². The number of guanidine groups is 1. The van der Waals surface area contributed by atoms with Crippen molar-refractivity contribution in [1.29, 1.82) is 0 Å². The van der Waals surface area contributed by atoms with Crippen LogP contribution < -0.4 is 16.0 Å². The first-order chi connectivity index (χ1) is 10.3. The highest BCUT2D eigenvalue weighted by Crippen LogP contribution is 2.11. The van der Waals surface area contributed by atoms with E-state index in [0.717, 1.165) is 12.5 Å². The van der Waals surface area contributed by atoms with Crippen molar-refractivity contribution in [2.45, 2.75) is 53.1 Å². The summed E-state index contributed by atoms with van der Waals surface area (Å²) in [6.45, 7) is 10.7. The number of rotatable bonds is 7. The van der Waals surface area contributed by atoms with Gasteiger partial charge >= 0.3 is 0 Å². The molecule has 0 spiro atoms. The topological polar surface area (TPSA) is 65.5 Å². The van der Waals surface area contributed by atoms with Crippen molar-refractivity contribution in [3.8, 4) is 11.8 Å². The smallest absolute Gasteiger partial charge is 0.190 e. The molecule has 5 heteroatoms. The van der Waals surface area contributed by atoms with E-state index in [4.69, 9.17) is 0 Å². The van der Waals surface area contributed by atoms with Crippen molar-refractivity contribution in [3.05, 3.63) is 0 Å². The first-order valence-corrected chi connectivity index (χ1v) is 8.00. The fourth-order valence-corrected chi connectivity index (χ4v) is 2.06. The number of carbonyl (C=O) groups excluding carboxylic acids is 1. The van der Waals surface area contributed by atoms with Crippen LogP contribution in [-0.4, -0.2) is 44.5 Å². The van der Waals surface area contributed by atoms with Gasteiger partial charge in [-0.3, -0.25) is 9.79 Å². The minimum Gasteiger partial charge on any atom is -0.359 e. The van der Waals surface area contributed by atoms with Crippen LogP contribution in [0.5, 0.6) is 0 Å². The molecule has 126 valence electrons. The normalized spacial score (nSPS) is 14.3. The molecular weight excluding hydrogens is 276 g/mol. The summed E-state index contributed by atoms with van der Waals surface area (Å²) < 4.78 is 0. The zero-order chi connectivity index (χ0) is 17.1. The van der Waals surface area contributed by atoms with Crippen molar-refractivity contribution < 1.29 is 4.79 Å². The standard InChI is InChI=1S/C17H32N4O/c1-12(2)16(22)14(5)15(21-13(3)4)10-8-9-11-20-17(18-6)19-7/h12-15,21H,9,11H2,1-7H3,(H2,18,19,20)/t14?,15-/m0/s1. The number of ketones is 1. The van der Waals surface area contributed by atoms with Gasteiger partial charge in [0.05, 0.1) is 6.04 Å². The van der Waals surface area contributed by atoms with E-state index in [0.29, 0.717) is 12.5 Å². The number of hydrogen-bond donors (Lipinski definition) is 3. The molecule has 0 fully saturated rings. The maximum atomic E-state index is 12.2. The SMILES string of the molecule is CN=C(NC)NCCC#C[C@H](NC(C)C)C(C)C(=O)C(C)C. The Bertz CT molecular complexity index is 418. The predicted molar refractivity (Wildman–Crippen MR) is 93.9 cm³/mol. The Kier molecular flexibility index (Phi) is 10.3. The summed E-state index contributed by atoms with van der Waals surface area (Å²) in [7, 11) is 3.55. The van der Waals surface area contributed by atoms with Crippen LogP contribution in [0.3, 0.4) is 0 Å². The summed E-state index contributed by atoms with van der Waals surface area (Å²) in [4.78, 5) is 16.2. The molecule has 0 amide bonds. The highest BCUT2D eigenvalue weighted by Gasteiger charge is 2.24. The van der Waals surface area contributed by atoms with E-state index < -0.39 is 0 Å². The van der Waals surface area contributed by atoms with Crippen LogP contribution in [0.2, 0.25) is 0 Å². The average molecular weight is 308 g/mol. The van der Waals surface area contributed by atoms with E-state index in [-0.39, 0.29) is 23.7 Å². The van der Waals surface area contributed by atoms with Gasteiger partial charge in [0, 0.05) is 44.9 Å². The summed E-state index contributed by atoms with van der Waals surface area (Å²) in [5.41, 5.74) is 0. The summed E-state index contributed by atoms with van der Waals surface area (Å²) in [5.74, 6) is 7.31. The van der Waals surface area contributed by atoms with E-state index in [2.05, 4.69) is 46.6 Å². The van der Waals surface area contributed by atoms with Crippen molar-refractivity contribution in [3.63, 3.8) is 0 Å². The van der Waals surface area contributed by atoms with Crippen LogP contribution in [0.4, 0.5) is 0 Å². The van der Waals surface area contributed by atoms with Crippen LogP contribution in [0.1, 0.15) is 41.0 Å². The van der Waals surface area contributed by atoms with Crippen LogP contribution in [0.15, 0.2) is 4.99 Å². The predicted octanol–water partition coefficient (Wildman–Crippen LogP) is 1.40. The number of hydrogen-bond acceptors (Lipinski definition) is 3. The third kappa shape index (κ3) is 8.04. The van der Waals surface area contributed by atoms with E-state index in [9.17, 15) is 4.79 Å². The van der Waals surface area contributed by atoms with Crippen LogP contribution >= 0.6 is 0 Å². The highest BCUT2D eigenvalue weighted by molar-refractivity contribution is 5.83. The maximum absolute atomic E-state index is 12.2. The molecule has 1 unspecified atom stereocenters. The van der Waals surface area contributed by atoms with Gasteiger partial charge in [-0.15, -0.1) is 0 Å². The number of nitrogens with zero attached hydrogens (tertiary/aromatic N) is 1. The monoisotopic (exact) mass is 308 g/mol. The second kappa shape index (κ2) is 11.1. The van der Waals surface area contributed by atoms with Gasteiger partial charge in [-0.25, -0.2) is 0 Å². The third-order valence-electron chi connectivity index (χ3n) is 3.29. The number of nitrogens with one attached hydrogen (secondary N) is 3. The van der Waals surface area contributed by atoms with Gasteiger partial charge < -0.3 is 16.0 Å². The lowest BCUT2D eigenvalue weighted by Gasteiger charge is -2.23. The lowest BCUT2D eigenvalue weighted by Crippen LogP contribution is -2.42. The molecule has 5 nitrogen and oxygen atoms in total. The average Bonchev–Trinajstić information content (AvgIpc) is 2.47. The molecule has 0 rings (SSSR count). The summed E-state index contributed by atoms with van der Waals surface area (Å²) in [6, 6.07) is 0.196. The summed E-state index contributed by atoms with van der Waals surface area (Å²) in [5, 5.41) is 9.50. The Morgan fingerprint density at radius 3 is 2.27 bits per heavy atom. The Labute approximate surface area is 135 Å². The Morgan fingerprint density at radius 1 is 1.18 bits per heavy atom. The zero-order valence-corrected chi connectivity index (χ0v) is 15.1. The first-order valence-electron chi connectivity index (χ1n) is 8.00. The van der Waals surface area contributed by atoms with E-state index >= 15 is 0 Å². The molecule has 0 bridgehead atoms. The van der Waals surface area contributed by atoms with E-state index in [1.807, 2.05) is 27.8 Å². The Hall–Kier alpha value is -1.54. The Morgan fingerprint density at radius 2 is 1.82 bits per heavy atom. The molecule has 2 atom stereocenters. The van der Waals surface area contributed by atoms with Crippen molar-refractivity contribution in [1.82, 2.24) is 16.0 Å². The maximum Gasteiger partial charge on any atom is 0.190 e. The first kappa shape index (κ1) is 20.5. The number of carbonyl (C=O) groups is 1. The quantitative estimate of drug-likeness (QED) is 0.288. The van der Waals surface area contributed by atoms with E-state index in [1.165, 1.54) is 0 Å². The van der Waals surface area contributed by atoms with Gasteiger partial charge in [-0.1, -0.05) is 32.6 Å². The highest BCUT2D eigenvalue weighted by atomic mass is 16.1. The van der Waals surface area contributed by atoms with Gasteiger partial charge in [-0.05, 0) is 13.8 Å². The molecule has 3 N–H and O–H groups in total. The largest absolute Gasteiger partial charge is 0.359 e. The number of Topliss-reactive ketones (excluding diaryl/α,β-unsaturated/α-hetero) is 1. The van der Waals surface area contributed by atoms with Crippen LogP contribution in [-0.2, 0) is 4.79 Å². The molecule has 0 saturated heterocycles. The second-order valence-corrected chi connectivity index (χ2v) is 5.96. The van der Waals surface area contributed by atoms with Gasteiger partial charge in [0.15, 0.2) is 5.96 Å². The molecule has 0 aromatic carbocycles. The zero-order valence-electron chi connectivity index (χ0n) is 15.1. The molecule has 0 aromatic heterocycles. The molecule has 0 radical (unpaired) electrons. The van der Waals surface area contributed by atoms with Gasteiger partial charge in [-0.2, -0.15) is 0 Å². The van der Waals surface area contributed by atoms with E-state index in [1.54, 1.807) is 7.05 Å². The number of aliphatic imine (C=N–C) groups is 1. The van der Waals surface area contributed by atoms with Gasteiger partial charge in [0.2, 0.25) is 0 Å². The Balaban J connectivity index is 4.61. The molecular formula is C17H32N4O. The molecule has 0 aliphatic carbocycles. The molecule has 0 aromatic rings. The second-order valence-electron chi connectivity index (χ2n) is 5.96. The third-order valence-corrected chi connectivity index (χ3v) is 3.29. The fraction of sp³-hybridized carbons (Fsp3) is 0.765. The van der Waals surface area contributed by atoms with Crippen molar-refractivity contribution in [2.75, 3.05) is 20.6 Å². The molecule has 0 saturated carbocycles. The lowest BCUT2D eigenvalue weighted by atomic mass is 9.90. The minimum atomic E-state index is -0.104. The van der Waals surface area contributed by atoms with Crippen molar-refractivity contribution in [2.24, 2.45) is 16.8 Å². The summed E-state index contributed by atoms with van der Waals surface area (Å²) in [6.07, 6.45) is 0.708. The summed E-state index contributed by atoms with van der Waals surface area (Å²) >= 11 is 0. The molecule has 0 aliphatic rings.